The van der Waals surface area contributed by atoms with E-state index in [2.05, 4.69) is 27.5 Å². The molecule has 76 valence electrons. The van der Waals surface area contributed by atoms with Crippen molar-refractivity contribution in [3.63, 3.8) is 0 Å². The molecule has 1 aromatic heterocycles. The van der Waals surface area contributed by atoms with Crippen LogP contribution in [0, 0.1) is 0 Å². The molecule has 4 nitrogen and oxygen atoms in total. The van der Waals surface area contributed by atoms with Gasteiger partial charge in [0.25, 0.3) is 0 Å². The second-order valence-electron chi connectivity index (χ2n) is 2.81. The van der Waals surface area contributed by atoms with Crippen LogP contribution in [-0.4, -0.2) is 21.6 Å². The second-order valence-corrected chi connectivity index (χ2v) is 3.22. The summed E-state index contributed by atoms with van der Waals surface area (Å²) in [4.78, 5) is 7.99. The maximum absolute atomic E-state index is 5.05. The van der Waals surface area contributed by atoms with Crippen LogP contribution in [0.1, 0.15) is 19.8 Å². The first-order valence-electron chi connectivity index (χ1n) is 4.65. The predicted molar refractivity (Wildman–Crippen MR) is 61.2 cm³/mol. The summed E-state index contributed by atoms with van der Waals surface area (Å²) in [5.74, 6) is 0.529. The maximum atomic E-state index is 5.05. The highest BCUT2D eigenvalue weighted by Crippen LogP contribution is 1.93. The van der Waals surface area contributed by atoms with Crippen molar-refractivity contribution in [3.05, 3.63) is 18.5 Å². The molecule has 0 saturated carbocycles. The number of hydrogen-bond acceptors (Lipinski definition) is 3. The molecule has 0 saturated heterocycles. The molecule has 14 heavy (non-hydrogen) atoms. The molecular weight excluding hydrogens is 196 g/mol. The Hall–Kier alpha value is -1.23. The molecule has 0 spiro atoms. The fourth-order valence-corrected chi connectivity index (χ4v) is 1.08. The average Bonchev–Trinajstić information content (AvgIpc) is 2.20. The van der Waals surface area contributed by atoms with Crippen LogP contribution in [0.3, 0.4) is 0 Å². The minimum absolute atomic E-state index is 0.529. The van der Waals surface area contributed by atoms with Gasteiger partial charge in [0, 0.05) is 18.9 Å². The van der Waals surface area contributed by atoms with Gasteiger partial charge in [0.1, 0.15) is 0 Å². The van der Waals surface area contributed by atoms with E-state index in [1.165, 1.54) is 0 Å². The van der Waals surface area contributed by atoms with Crippen LogP contribution < -0.4 is 10.6 Å². The normalized spacial score (nSPS) is 9.50. The first-order chi connectivity index (χ1) is 6.83. The van der Waals surface area contributed by atoms with E-state index in [0.29, 0.717) is 11.1 Å². The van der Waals surface area contributed by atoms with Crippen LogP contribution in [0.25, 0.3) is 0 Å². The average molecular weight is 210 g/mol. The number of anilines is 1. The molecule has 0 amide bonds. The highest BCUT2D eigenvalue weighted by atomic mass is 32.1. The number of thiocarbonyl (C=S) groups is 1. The van der Waals surface area contributed by atoms with Gasteiger partial charge in [0.2, 0.25) is 5.95 Å². The molecule has 0 aliphatic rings. The van der Waals surface area contributed by atoms with Crippen LogP contribution in [0.2, 0.25) is 0 Å². The lowest BCUT2D eigenvalue weighted by Gasteiger charge is -2.07. The predicted octanol–water partition coefficient (Wildman–Crippen LogP) is 1.56. The highest BCUT2D eigenvalue weighted by Gasteiger charge is 1.96. The lowest BCUT2D eigenvalue weighted by atomic mass is 10.3. The molecule has 1 aromatic rings. The Balaban J connectivity index is 2.27. The summed E-state index contributed by atoms with van der Waals surface area (Å²) in [7, 11) is 0. The van der Waals surface area contributed by atoms with Crippen molar-refractivity contribution in [2.45, 2.75) is 19.8 Å². The van der Waals surface area contributed by atoms with Crippen LogP contribution in [0.4, 0.5) is 5.95 Å². The summed E-state index contributed by atoms with van der Waals surface area (Å²) in [6.07, 6.45) is 5.60. The Kier molecular flexibility index (Phi) is 4.85. The Bertz CT molecular complexity index is 275. The van der Waals surface area contributed by atoms with E-state index in [4.69, 9.17) is 12.2 Å². The van der Waals surface area contributed by atoms with Gasteiger partial charge in [-0.3, -0.25) is 0 Å². The van der Waals surface area contributed by atoms with Crippen molar-refractivity contribution in [1.82, 2.24) is 15.3 Å². The zero-order valence-electron chi connectivity index (χ0n) is 8.16. The van der Waals surface area contributed by atoms with Crippen molar-refractivity contribution in [2.24, 2.45) is 0 Å². The van der Waals surface area contributed by atoms with Gasteiger partial charge in [0.15, 0.2) is 5.11 Å². The molecule has 5 heteroatoms. The SMILES string of the molecule is CCCCNC(=S)Nc1ncccn1. The molecular formula is C9H14N4S. The summed E-state index contributed by atoms with van der Waals surface area (Å²) >= 11 is 5.05. The fraction of sp³-hybridized carbons (Fsp3) is 0.444. The smallest absolute Gasteiger partial charge is 0.228 e. The van der Waals surface area contributed by atoms with E-state index in [1.54, 1.807) is 18.5 Å². The fourth-order valence-electron chi connectivity index (χ4n) is 0.888. The zero-order valence-corrected chi connectivity index (χ0v) is 8.97. The van der Waals surface area contributed by atoms with Gasteiger partial charge in [-0.25, -0.2) is 9.97 Å². The number of nitrogens with one attached hydrogen (secondary N) is 2. The minimum atomic E-state index is 0.529. The Labute approximate surface area is 89.2 Å². The molecule has 0 aliphatic heterocycles. The van der Waals surface area contributed by atoms with Crippen molar-refractivity contribution in [2.75, 3.05) is 11.9 Å². The molecule has 0 radical (unpaired) electrons. The third-order valence-electron chi connectivity index (χ3n) is 1.61. The number of rotatable bonds is 4. The number of hydrogen-bond donors (Lipinski definition) is 2. The van der Waals surface area contributed by atoms with E-state index in [9.17, 15) is 0 Å². The third kappa shape index (κ3) is 4.13. The van der Waals surface area contributed by atoms with Gasteiger partial charge in [-0.05, 0) is 24.7 Å². The van der Waals surface area contributed by atoms with E-state index in [0.717, 1.165) is 19.4 Å². The first-order valence-corrected chi connectivity index (χ1v) is 5.05. The van der Waals surface area contributed by atoms with Crippen molar-refractivity contribution in [3.8, 4) is 0 Å². The number of unbranched alkanes of at least 4 members (excludes halogenated alkanes) is 1. The van der Waals surface area contributed by atoms with Crippen molar-refractivity contribution < 1.29 is 0 Å². The van der Waals surface area contributed by atoms with Crippen LogP contribution in [0.5, 0.6) is 0 Å². The Morgan fingerprint density at radius 1 is 1.43 bits per heavy atom. The first kappa shape index (κ1) is 10.8. The van der Waals surface area contributed by atoms with Gasteiger partial charge in [-0.2, -0.15) is 0 Å². The Morgan fingerprint density at radius 2 is 2.14 bits per heavy atom. The maximum Gasteiger partial charge on any atom is 0.228 e. The third-order valence-corrected chi connectivity index (χ3v) is 1.85. The summed E-state index contributed by atoms with van der Waals surface area (Å²) in [6.45, 7) is 3.02. The molecule has 1 rings (SSSR count). The largest absolute Gasteiger partial charge is 0.362 e. The van der Waals surface area contributed by atoms with E-state index >= 15 is 0 Å². The molecule has 0 fully saturated rings. The summed E-state index contributed by atoms with van der Waals surface area (Å²) < 4.78 is 0. The molecule has 0 unspecified atom stereocenters. The topological polar surface area (TPSA) is 49.8 Å². The monoisotopic (exact) mass is 210 g/mol. The van der Waals surface area contributed by atoms with E-state index in [-0.39, 0.29) is 0 Å². The molecule has 0 bridgehead atoms. The summed E-state index contributed by atoms with van der Waals surface area (Å²) in [5, 5.41) is 6.55. The van der Waals surface area contributed by atoms with Crippen molar-refractivity contribution >= 4 is 23.3 Å². The Morgan fingerprint density at radius 3 is 2.79 bits per heavy atom. The van der Waals surface area contributed by atoms with Gasteiger partial charge in [0.05, 0.1) is 0 Å². The molecule has 1 heterocycles. The standard InChI is InChI=1S/C9H14N4S/c1-2-3-5-12-9(14)13-8-10-6-4-7-11-8/h4,6-7H,2-3,5H2,1H3,(H2,10,11,12,13,14). The lowest BCUT2D eigenvalue weighted by Crippen LogP contribution is -2.29. The summed E-state index contributed by atoms with van der Waals surface area (Å²) in [5.41, 5.74) is 0. The second kappa shape index (κ2) is 6.26. The van der Waals surface area contributed by atoms with E-state index < -0.39 is 0 Å². The van der Waals surface area contributed by atoms with Gasteiger partial charge >= 0.3 is 0 Å². The van der Waals surface area contributed by atoms with Crippen LogP contribution >= 0.6 is 12.2 Å². The molecule has 0 atom stereocenters. The number of aromatic nitrogens is 2. The minimum Gasteiger partial charge on any atom is -0.362 e. The van der Waals surface area contributed by atoms with Gasteiger partial charge < -0.3 is 10.6 Å². The van der Waals surface area contributed by atoms with Gasteiger partial charge in [-0.1, -0.05) is 13.3 Å². The quantitative estimate of drug-likeness (QED) is 0.583. The van der Waals surface area contributed by atoms with E-state index in [1.807, 2.05) is 0 Å². The highest BCUT2D eigenvalue weighted by molar-refractivity contribution is 7.80. The van der Waals surface area contributed by atoms with Crippen molar-refractivity contribution in [1.29, 1.82) is 0 Å². The molecule has 0 aromatic carbocycles. The van der Waals surface area contributed by atoms with Gasteiger partial charge in [-0.15, -0.1) is 0 Å². The molecule has 2 N–H and O–H groups in total. The van der Waals surface area contributed by atoms with Crippen LogP contribution in [-0.2, 0) is 0 Å². The summed E-state index contributed by atoms with van der Waals surface area (Å²) in [6, 6.07) is 1.76. The molecule has 0 aliphatic carbocycles. The van der Waals surface area contributed by atoms with Crippen LogP contribution in [0.15, 0.2) is 18.5 Å². The lowest BCUT2D eigenvalue weighted by molar-refractivity contribution is 0.758. The number of nitrogens with zero attached hydrogens (tertiary/aromatic N) is 2. The zero-order chi connectivity index (χ0) is 10.2.